The number of nitrogens with zero attached hydrogens (tertiary/aromatic N) is 3. The van der Waals surface area contributed by atoms with Crippen LogP contribution in [-0.2, 0) is 17.7 Å². The number of thiophene rings is 1. The summed E-state index contributed by atoms with van der Waals surface area (Å²) in [6.45, 7) is 5.26. The Hall–Kier alpha value is -1.93. The van der Waals surface area contributed by atoms with Crippen molar-refractivity contribution < 1.29 is 9.53 Å². The number of hydrogen-bond acceptors (Lipinski definition) is 6. The first kappa shape index (κ1) is 15.9. The van der Waals surface area contributed by atoms with Crippen molar-refractivity contribution in [2.24, 2.45) is 0 Å². The molecule has 0 saturated heterocycles. The summed E-state index contributed by atoms with van der Waals surface area (Å²) in [5.74, 6) is 0.896. The van der Waals surface area contributed by atoms with E-state index in [1.807, 2.05) is 4.90 Å². The van der Waals surface area contributed by atoms with E-state index in [0.717, 1.165) is 29.0 Å². The van der Waals surface area contributed by atoms with Crippen LogP contribution < -0.4 is 10.6 Å². The molecule has 3 rings (SSSR count). The number of nitrogens with one attached hydrogen (secondary N) is 2. The average Bonchev–Trinajstić information content (AvgIpc) is 2.93. The summed E-state index contributed by atoms with van der Waals surface area (Å²) >= 11 is 1.65. The minimum Gasteiger partial charge on any atom is -0.383 e. The minimum absolute atomic E-state index is 0.0388. The van der Waals surface area contributed by atoms with Gasteiger partial charge in [-0.15, -0.1) is 11.3 Å². The topological polar surface area (TPSA) is 79.4 Å². The zero-order chi connectivity index (χ0) is 16.2. The van der Waals surface area contributed by atoms with Gasteiger partial charge in [0.25, 0.3) is 0 Å². The van der Waals surface area contributed by atoms with Gasteiger partial charge in [-0.1, -0.05) is 0 Å². The van der Waals surface area contributed by atoms with Gasteiger partial charge in [0.15, 0.2) is 0 Å². The molecule has 0 radical (unpaired) electrons. The predicted molar refractivity (Wildman–Crippen MR) is 91.0 cm³/mol. The molecule has 0 aliphatic carbocycles. The van der Waals surface area contributed by atoms with E-state index in [0.29, 0.717) is 26.2 Å². The van der Waals surface area contributed by atoms with Crippen LogP contribution in [0.25, 0.3) is 10.2 Å². The lowest BCUT2D eigenvalue weighted by Crippen LogP contribution is -2.43. The quantitative estimate of drug-likeness (QED) is 0.815. The van der Waals surface area contributed by atoms with E-state index in [9.17, 15) is 4.79 Å². The van der Waals surface area contributed by atoms with Crippen LogP contribution in [0.3, 0.4) is 0 Å². The molecule has 2 amide bonds. The van der Waals surface area contributed by atoms with Gasteiger partial charge in [0.05, 0.1) is 18.5 Å². The first-order chi connectivity index (χ1) is 11.2. The molecule has 1 aliphatic heterocycles. The third-order valence-electron chi connectivity index (χ3n) is 3.85. The number of anilines is 1. The lowest BCUT2D eigenvalue weighted by molar-refractivity contribution is 0.176. The molecule has 0 unspecified atom stereocenters. The monoisotopic (exact) mass is 335 g/mol. The Labute approximate surface area is 139 Å². The number of hydrogen-bond donors (Lipinski definition) is 2. The van der Waals surface area contributed by atoms with Gasteiger partial charge >= 0.3 is 6.03 Å². The lowest BCUT2D eigenvalue weighted by atomic mass is 10.1. The summed E-state index contributed by atoms with van der Waals surface area (Å²) < 4.78 is 4.96. The Kier molecular flexibility index (Phi) is 4.92. The van der Waals surface area contributed by atoms with Crippen molar-refractivity contribution >= 4 is 33.4 Å². The predicted octanol–water partition coefficient (Wildman–Crippen LogP) is 1.84. The van der Waals surface area contributed by atoms with Crippen LogP contribution in [-0.4, -0.2) is 54.2 Å². The highest BCUT2D eigenvalue weighted by Gasteiger charge is 2.26. The molecule has 3 heterocycles. The average molecular weight is 335 g/mol. The molecule has 124 valence electrons. The first-order valence-electron chi connectivity index (χ1n) is 7.75. The van der Waals surface area contributed by atoms with Crippen LogP contribution >= 0.6 is 11.3 Å². The molecule has 2 aromatic heterocycles. The third kappa shape index (κ3) is 3.23. The number of rotatable bonds is 5. The Morgan fingerprint density at radius 3 is 3.13 bits per heavy atom. The molecule has 23 heavy (non-hydrogen) atoms. The van der Waals surface area contributed by atoms with E-state index in [-0.39, 0.29) is 6.03 Å². The summed E-state index contributed by atoms with van der Waals surface area (Å²) in [6, 6.07) is -0.0388. The highest BCUT2D eigenvalue weighted by molar-refractivity contribution is 7.19. The Bertz CT molecular complexity index is 702. The molecule has 2 N–H and O–H groups in total. The van der Waals surface area contributed by atoms with E-state index in [1.54, 1.807) is 24.8 Å². The van der Waals surface area contributed by atoms with E-state index in [2.05, 4.69) is 27.5 Å². The number of aromatic nitrogens is 2. The maximum Gasteiger partial charge on any atom is 0.317 e. The molecule has 0 fully saturated rings. The minimum atomic E-state index is -0.0388. The van der Waals surface area contributed by atoms with Gasteiger partial charge in [0, 0.05) is 31.6 Å². The summed E-state index contributed by atoms with van der Waals surface area (Å²) in [7, 11) is 1.62. The number of amides is 2. The largest absolute Gasteiger partial charge is 0.383 e. The van der Waals surface area contributed by atoms with Crippen LogP contribution in [0.4, 0.5) is 10.6 Å². The van der Waals surface area contributed by atoms with Crippen LogP contribution in [0, 0.1) is 0 Å². The molecular weight excluding hydrogens is 314 g/mol. The molecule has 2 aromatic rings. The molecule has 0 bridgehead atoms. The van der Waals surface area contributed by atoms with Crippen molar-refractivity contribution in [1.29, 1.82) is 0 Å². The fourth-order valence-corrected chi connectivity index (χ4v) is 3.98. The standard InChI is InChI=1S/C15H21N5O2S/c1-3-16-13-12-10-4-6-20(15(21)17-5-7-22-2)8-11(10)23-14(12)19-9-18-13/h9H,3-8H2,1-2H3,(H,17,21)(H,16,18,19). The second-order valence-electron chi connectivity index (χ2n) is 5.33. The smallest absolute Gasteiger partial charge is 0.317 e. The maximum absolute atomic E-state index is 12.2. The fraction of sp³-hybridized carbons (Fsp3) is 0.533. The van der Waals surface area contributed by atoms with Gasteiger partial charge in [-0.2, -0.15) is 0 Å². The van der Waals surface area contributed by atoms with Gasteiger partial charge in [0.2, 0.25) is 0 Å². The summed E-state index contributed by atoms with van der Waals surface area (Å²) in [6.07, 6.45) is 2.43. The van der Waals surface area contributed by atoms with Gasteiger partial charge < -0.3 is 20.3 Å². The Morgan fingerprint density at radius 1 is 1.48 bits per heavy atom. The SMILES string of the molecule is CCNc1ncnc2sc3c(c12)CCN(C(=O)NCCOC)C3. The first-order valence-corrected chi connectivity index (χ1v) is 8.57. The van der Waals surface area contributed by atoms with Crippen molar-refractivity contribution in [1.82, 2.24) is 20.2 Å². The van der Waals surface area contributed by atoms with Crippen LogP contribution in [0.5, 0.6) is 0 Å². The maximum atomic E-state index is 12.2. The molecule has 1 aliphatic rings. The highest BCUT2D eigenvalue weighted by Crippen LogP contribution is 2.37. The van der Waals surface area contributed by atoms with Crippen LogP contribution in [0.15, 0.2) is 6.33 Å². The van der Waals surface area contributed by atoms with Crippen molar-refractivity contribution in [2.75, 3.05) is 38.7 Å². The van der Waals surface area contributed by atoms with E-state index in [4.69, 9.17) is 4.74 Å². The molecular formula is C15H21N5O2S. The zero-order valence-corrected chi connectivity index (χ0v) is 14.2. The Morgan fingerprint density at radius 2 is 2.35 bits per heavy atom. The number of fused-ring (bicyclic) bond motifs is 3. The highest BCUT2D eigenvalue weighted by atomic mass is 32.1. The van der Waals surface area contributed by atoms with Gasteiger partial charge in [-0.05, 0) is 18.9 Å². The van der Waals surface area contributed by atoms with Crippen LogP contribution in [0.2, 0.25) is 0 Å². The van der Waals surface area contributed by atoms with Gasteiger partial charge in [0.1, 0.15) is 17.0 Å². The Balaban J connectivity index is 1.80. The van der Waals surface area contributed by atoms with Crippen LogP contribution in [0.1, 0.15) is 17.4 Å². The van der Waals surface area contributed by atoms with Crippen molar-refractivity contribution in [3.05, 3.63) is 16.8 Å². The number of methoxy groups -OCH3 is 1. The van der Waals surface area contributed by atoms with Crippen molar-refractivity contribution in [3.8, 4) is 0 Å². The number of carbonyl (C=O) groups is 1. The lowest BCUT2D eigenvalue weighted by Gasteiger charge is -2.27. The molecule has 0 aromatic carbocycles. The summed E-state index contributed by atoms with van der Waals surface area (Å²) in [5, 5.41) is 7.30. The molecule has 7 nitrogen and oxygen atoms in total. The third-order valence-corrected chi connectivity index (χ3v) is 4.98. The molecule has 0 atom stereocenters. The molecule has 8 heteroatoms. The molecule has 0 spiro atoms. The zero-order valence-electron chi connectivity index (χ0n) is 13.4. The van der Waals surface area contributed by atoms with E-state index < -0.39 is 0 Å². The van der Waals surface area contributed by atoms with E-state index >= 15 is 0 Å². The second-order valence-corrected chi connectivity index (χ2v) is 6.42. The van der Waals surface area contributed by atoms with Gasteiger partial charge in [-0.3, -0.25) is 0 Å². The second kappa shape index (κ2) is 7.10. The van der Waals surface area contributed by atoms with Gasteiger partial charge in [-0.25, -0.2) is 14.8 Å². The number of carbonyl (C=O) groups excluding carboxylic acids is 1. The summed E-state index contributed by atoms with van der Waals surface area (Å²) in [5.41, 5.74) is 1.28. The van der Waals surface area contributed by atoms with E-state index in [1.165, 1.54) is 10.4 Å². The number of urea groups is 1. The summed E-state index contributed by atoms with van der Waals surface area (Å²) in [4.78, 5) is 25.0. The van der Waals surface area contributed by atoms with Crippen molar-refractivity contribution in [2.45, 2.75) is 19.9 Å². The normalized spacial score (nSPS) is 13.9. The van der Waals surface area contributed by atoms with Crippen molar-refractivity contribution in [3.63, 3.8) is 0 Å². The molecule has 0 saturated carbocycles. The fourth-order valence-electron chi connectivity index (χ4n) is 2.77. The number of ether oxygens (including phenoxy) is 1.